The van der Waals surface area contributed by atoms with Gasteiger partial charge in [0.2, 0.25) is 11.8 Å². The monoisotopic (exact) mass is 615 g/mol. The van der Waals surface area contributed by atoms with Crippen LogP contribution in [-0.2, 0) is 20.9 Å². The Labute approximate surface area is 256 Å². The first-order valence-corrected chi connectivity index (χ1v) is 14.5. The van der Waals surface area contributed by atoms with Crippen LogP contribution >= 0.6 is 11.6 Å². The zero-order valence-corrected chi connectivity index (χ0v) is 25.8. The number of allylic oxidation sites excluding steroid dienone is 2. The van der Waals surface area contributed by atoms with Crippen LogP contribution in [0.4, 0.5) is 10.5 Å². The van der Waals surface area contributed by atoms with Crippen molar-refractivity contribution in [1.29, 1.82) is 0 Å². The predicted molar refractivity (Wildman–Crippen MR) is 167 cm³/mol. The van der Waals surface area contributed by atoms with E-state index in [1.807, 2.05) is 32.9 Å². The van der Waals surface area contributed by atoms with E-state index < -0.39 is 6.09 Å². The Morgan fingerprint density at radius 3 is 2.30 bits per heavy atom. The van der Waals surface area contributed by atoms with E-state index >= 15 is 0 Å². The second kappa shape index (κ2) is 18.2. The lowest BCUT2D eigenvalue weighted by Crippen LogP contribution is -2.43. The Balaban J connectivity index is 0.000000631. The third-order valence-corrected chi connectivity index (χ3v) is 6.71. The van der Waals surface area contributed by atoms with Gasteiger partial charge in [-0.3, -0.25) is 15.4 Å². The number of halogens is 1. The van der Waals surface area contributed by atoms with Crippen LogP contribution < -0.4 is 27.6 Å². The van der Waals surface area contributed by atoms with Gasteiger partial charge in [-0.25, -0.2) is 4.79 Å². The van der Waals surface area contributed by atoms with Crippen molar-refractivity contribution in [2.75, 3.05) is 25.0 Å². The van der Waals surface area contributed by atoms with Gasteiger partial charge >= 0.3 is 6.09 Å². The number of rotatable bonds is 8. The van der Waals surface area contributed by atoms with Gasteiger partial charge < -0.3 is 31.4 Å². The summed E-state index contributed by atoms with van der Waals surface area (Å²) in [5, 5.41) is 16.7. The molecule has 43 heavy (non-hydrogen) atoms. The fourth-order valence-electron chi connectivity index (χ4n) is 3.84. The number of piperidine rings is 1. The molecule has 0 atom stereocenters. The van der Waals surface area contributed by atoms with Crippen molar-refractivity contribution in [3.63, 3.8) is 0 Å². The molecule has 1 fully saturated rings. The van der Waals surface area contributed by atoms with E-state index in [0.717, 1.165) is 17.0 Å². The number of aromatic nitrogens is 3. The number of amides is 3. The molecule has 0 spiro atoms. The highest BCUT2D eigenvalue weighted by atomic mass is 35.5. The summed E-state index contributed by atoms with van der Waals surface area (Å²) in [6.07, 6.45) is 0.852. The minimum Gasteiger partial charge on any atom is -0.445 e. The molecule has 2 heterocycles. The summed E-state index contributed by atoms with van der Waals surface area (Å²) >= 11 is 5.86. The molecule has 3 amide bonds. The first kappa shape index (κ1) is 34.8. The molecule has 1 aliphatic heterocycles. The van der Waals surface area contributed by atoms with Gasteiger partial charge in [0.1, 0.15) is 17.6 Å². The number of ether oxygens (including phenoxy) is 1. The molecule has 1 saturated heterocycles. The molecule has 234 valence electrons. The van der Waals surface area contributed by atoms with Crippen LogP contribution in [0.3, 0.4) is 0 Å². The summed E-state index contributed by atoms with van der Waals surface area (Å²) in [6, 6.07) is 12.3. The lowest BCUT2D eigenvalue weighted by Gasteiger charge is -2.30. The minimum atomic E-state index is -0.394. The number of anilines is 1. The molecule has 1 aromatic heterocycles. The number of nitrogens with two attached hydrogens (primary N) is 2. The van der Waals surface area contributed by atoms with Crippen LogP contribution in [0.25, 0.3) is 11.0 Å². The Hall–Kier alpha value is -4.36. The number of H-pyrrole nitrogens is 1. The largest absolute Gasteiger partial charge is 0.445 e. The molecule has 1 aliphatic rings. The Morgan fingerprint density at radius 1 is 1.05 bits per heavy atom. The lowest BCUT2D eigenvalue weighted by molar-refractivity contribution is -0.126. The molecule has 0 radical (unpaired) electrons. The van der Waals surface area contributed by atoms with Crippen molar-refractivity contribution >= 4 is 46.2 Å². The number of hydrogen-bond donors (Lipinski definition) is 6. The van der Waals surface area contributed by atoms with E-state index in [9.17, 15) is 14.4 Å². The zero-order valence-electron chi connectivity index (χ0n) is 25.1. The molecule has 4 rings (SSSR count). The maximum atomic E-state index is 12.5. The van der Waals surface area contributed by atoms with Gasteiger partial charge in [0, 0.05) is 54.1 Å². The number of nitrogens with one attached hydrogen (secondary N) is 4. The van der Waals surface area contributed by atoms with Gasteiger partial charge in [0.25, 0.3) is 0 Å². The lowest BCUT2D eigenvalue weighted by atomic mass is 9.96. The van der Waals surface area contributed by atoms with Gasteiger partial charge in [-0.05, 0) is 62.6 Å². The third kappa shape index (κ3) is 11.8. The van der Waals surface area contributed by atoms with Crippen molar-refractivity contribution in [1.82, 2.24) is 31.1 Å². The zero-order chi connectivity index (χ0) is 31.8. The van der Waals surface area contributed by atoms with E-state index in [4.69, 9.17) is 27.9 Å². The minimum absolute atomic E-state index is 0.106. The van der Waals surface area contributed by atoms with Crippen LogP contribution in [0.5, 0.6) is 0 Å². The van der Waals surface area contributed by atoms with Crippen LogP contribution in [0.2, 0.25) is 5.02 Å². The summed E-state index contributed by atoms with van der Waals surface area (Å²) in [6.45, 7) is 8.90. The molecule has 0 unspecified atom stereocenters. The summed E-state index contributed by atoms with van der Waals surface area (Å²) in [7, 11) is 0. The van der Waals surface area contributed by atoms with Gasteiger partial charge in [-0.15, -0.1) is 0 Å². The number of aromatic amines is 1. The number of hydrogen-bond acceptors (Lipinski definition) is 9. The maximum absolute atomic E-state index is 12.5. The number of nitrogens with zero attached hydrogens (tertiary/aromatic N) is 3. The maximum Gasteiger partial charge on any atom is 0.410 e. The molecule has 14 heteroatoms. The van der Waals surface area contributed by atoms with Gasteiger partial charge in [0.15, 0.2) is 0 Å². The highest BCUT2D eigenvalue weighted by molar-refractivity contribution is 6.30. The van der Waals surface area contributed by atoms with Gasteiger partial charge in [-0.1, -0.05) is 37.6 Å². The predicted octanol–water partition coefficient (Wildman–Crippen LogP) is 3.79. The fourth-order valence-corrected chi connectivity index (χ4v) is 3.97. The molecular formula is C29H42ClN9O4. The van der Waals surface area contributed by atoms with Crippen molar-refractivity contribution in [2.24, 2.45) is 17.5 Å². The van der Waals surface area contributed by atoms with Crippen LogP contribution in [0.15, 0.2) is 53.9 Å². The highest BCUT2D eigenvalue weighted by Gasteiger charge is 2.28. The molecular weight excluding hydrogens is 574 g/mol. The normalized spacial score (nSPS) is 13.4. The average molecular weight is 616 g/mol. The van der Waals surface area contributed by atoms with E-state index in [1.165, 1.54) is 0 Å². The Morgan fingerprint density at radius 2 is 1.70 bits per heavy atom. The number of benzene rings is 2. The molecule has 0 bridgehead atoms. The summed E-state index contributed by atoms with van der Waals surface area (Å²) in [5.41, 5.74) is 12.1. The van der Waals surface area contributed by atoms with E-state index in [0.29, 0.717) is 47.7 Å². The van der Waals surface area contributed by atoms with Gasteiger partial charge in [0.05, 0.1) is 0 Å². The van der Waals surface area contributed by atoms with E-state index in [2.05, 4.69) is 31.5 Å². The quantitative estimate of drug-likeness (QED) is 0.161. The summed E-state index contributed by atoms with van der Waals surface area (Å²) in [5.74, 6) is 4.48. The topological polar surface area (TPSA) is 193 Å². The average Bonchev–Trinajstić information content (AvgIpc) is 3.49. The van der Waals surface area contributed by atoms with E-state index in [1.54, 1.807) is 42.2 Å². The molecule has 0 aliphatic carbocycles. The Kier molecular flexibility index (Phi) is 14.8. The standard InChI is InChI=1S/C23H25ClN6O4.C4H11N3.C2H6/c24-17-3-1-15(2-4-17)14-34-23(33)30-11-8-16(9-12-30)22(32)25-10-7-21(31)26-18-5-6-19-20(13-18)28-29-27-19;1-3(5)4(2)7-6;1-2/h1-6,13,16H,7-12,14H2,(H,25,32)(H,26,31)(H,27,28,29);7H,5-6H2,1-2H3;1-2H3/b;4-3-;. The number of fused-ring (bicyclic) bond motifs is 1. The van der Waals surface area contributed by atoms with Gasteiger partial charge in [-0.2, -0.15) is 15.4 Å². The third-order valence-electron chi connectivity index (χ3n) is 6.46. The molecule has 8 N–H and O–H groups in total. The molecule has 3 aromatic rings. The highest BCUT2D eigenvalue weighted by Crippen LogP contribution is 2.19. The van der Waals surface area contributed by atoms with Crippen LogP contribution in [0, 0.1) is 5.92 Å². The SMILES string of the molecule is C/C(N)=C(\C)NN.CC.O=C(CCNC(=O)C1CCN(C(=O)OCc2ccc(Cl)cc2)CC1)Nc1ccc2n[nH]nc2c1. The summed E-state index contributed by atoms with van der Waals surface area (Å²) in [4.78, 5) is 38.5. The van der Waals surface area contributed by atoms with E-state index in [-0.39, 0.29) is 37.3 Å². The first-order valence-electron chi connectivity index (χ1n) is 14.1. The first-order chi connectivity index (χ1) is 20.7. The number of likely N-dealkylation sites (tertiary alicyclic amines) is 1. The molecule has 0 saturated carbocycles. The van der Waals surface area contributed by atoms with Crippen LogP contribution in [0.1, 0.15) is 52.5 Å². The number of carbonyl (C=O) groups is 3. The van der Waals surface area contributed by atoms with Crippen molar-refractivity contribution < 1.29 is 19.1 Å². The second-order valence-electron chi connectivity index (χ2n) is 9.51. The van der Waals surface area contributed by atoms with Crippen molar-refractivity contribution in [2.45, 2.75) is 53.6 Å². The number of carbonyl (C=O) groups excluding carboxylic acids is 3. The van der Waals surface area contributed by atoms with Crippen LogP contribution in [-0.4, -0.2) is 57.9 Å². The fraction of sp³-hybridized carbons (Fsp3) is 0.414. The smallest absolute Gasteiger partial charge is 0.410 e. The summed E-state index contributed by atoms with van der Waals surface area (Å²) < 4.78 is 5.35. The Bertz CT molecular complexity index is 1350. The van der Waals surface area contributed by atoms with Crippen molar-refractivity contribution in [3.8, 4) is 0 Å². The second-order valence-corrected chi connectivity index (χ2v) is 9.95. The number of hydrazine groups is 1. The van der Waals surface area contributed by atoms with Crippen molar-refractivity contribution in [3.05, 3.63) is 64.4 Å². The molecule has 2 aromatic carbocycles. The molecule has 13 nitrogen and oxygen atoms in total.